The Kier molecular flexibility index (Phi) is 3.61. The molecule has 0 spiro atoms. The Balaban J connectivity index is 2.57. The summed E-state index contributed by atoms with van der Waals surface area (Å²) in [6.07, 6.45) is 1.50. The van der Waals surface area contributed by atoms with E-state index in [4.69, 9.17) is 4.74 Å². The molecule has 5 heteroatoms. The maximum absolute atomic E-state index is 12.2. The second-order valence-corrected chi connectivity index (χ2v) is 4.43. The maximum Gasteiger partial charge on any atom is 0.340 e. The molecule has 104 valence electrons. The number of amides is 1. The van der Waals surface area contributed by atoms with E-state index in [1.807, 2.05) is 0 Å². The molecule has 1 N–H and O–H groups in total. The third kappa shape index (κ3) is 2.18. The second-order valence-electron chi connectivity index (χ2n) is 4.43. The van der Waals surface area contributed by atoms with Crippen LogP contribution in [0.3, 0.4) is 0 Å². The van der Waals surface area contributed by atoms with E-state index < -0.39 is 5.97 Å². The summed E-state index contributed by atoms with van der Waals surface area (Å²) < 4.78 is 4.72. The van der Waals surface area contributed by atoms with Crippen LogP contribution in [-0.4, -0.2) is 36.0 Å². The van der Waals surface area contributed by atoms with Gasteiger partial charge in [0.1, 0.15) is 5.75 Å². The van der Waals surface area contributed by atoms with Crippen molar-refractivity contribution in [3.63, 3.8) is 0 Å². The van der Waals surface area contributed by atoms with Crippen LogP contribution in [0.1, 0.15) is 12.5 Å². The molecule has 1 heterocycles. The zero-order chi connectivity index (χ0) is 14.9. The van der Waals surface area contributed by atoms with Crippen molar-refractivity contribution in [1.29, 1.82) is 0 Å². The Morgan fingerprint density at radius 3 is 2.60 bits per heavy atom. The Morgan fingerprint density at radius 1 is 1.35 bits per heavy atom. The summed E-state index contributed by atoms with van der Waals surface area (Å²) in [5, 5.41) is 9.77. The first kappa shape index (κ1) is 13.9. The number of carbonyl (C=O) groups excluding carboxylic acids is 2. The monoisotopic (exact) mass is 273 g/mol. The lowest BCUT2D eigenvalue weighted by Crippen LogP contribution is -2.19. The van der Waals surface area contributed by atoms with Crippen LogP contribution in [0.15, 0.2) is 41.1 Å². The largest absolute Gasteiger partial charge is 0.507 e. The minimum atomic E-state index is -0.568. The van der Waals surface area contributed by atoms with E-state index >= 15 is 0 Å². The van der Waals surface area contributed by atoms with Crippen molar-refractivity contribution >= 4 is 18.0 Å². The van der Waals surface area contributed by atoms with Gasteiger partial charge < -0.3 is 14.7 Å². The maximum atomic E-state index is 12.2. The average Bonchev–Trinajstić information content (AvgIpc) is 2.65. The molecule has 5 nitrogen and oxygen atoms in total. The molecule has 0 aromatic heterocycles. The zero-order valence-corrected chi connectivity index (χ0v) is 11.5. The SMILES string of the molecule is COC(=O)C1=C(C)N(C)C(=O)/C1=C\c1ccccc1O. The van der Waals surface area contributed by atoms with Crippen molar-refractivity contribution in [2.24, 2.45) is 0 Å². The molecule has 0 unspecified atom stereocenters. The Morgan fingerprint density at radius 2 is 2.00 bits per heavy atom. The number of allylic oxidation sites excluding steroid dienone is 1. The van der Waals surface area contributed by atoms with Crippen molar-refractivity contribution in [3.05, 3.63) is 46.7 Å². The lowest BCUT2D eigenvalue weighted by atomic mass is 10.0. The van der Waals surface area contributed by atoms with Gasteiger partial charge in [-0.2, -0.15) is 0 Å². The molecule has 1 aromatic rings. The number of rotatable bonds is 2. The Hall–Kier alpha value is -2.56. The number of phenolic OH excluding ortho intramolecular Hbond substituents is 1. The average molecular weight is 273 g/mol. The van der Waals surface area contributed by atoms with E-state index in [-0.39, 0.29) is 22.8 Å². The molecule has 0 radical (unpaired) electrons. The van der Waals surface area contributed by atoms with Gasteiger partial charge >= 0.3 is 5.97 Å². The molecule has 1 aromatic carbocycles. The summed E-state index contributed by atoms with van der Waals surface area (Å²) in [5.74, 6) is -0.822. The highest BCUT2D eigenvalue weighted by molar-refractivity contribution is 6.16. The quantitative estimate of drug-likeness (QED) is 0.658. The van der Waals surface area contributed by atoms with Gasteiger partial charge in [-0.05, 0) is 19.1 Å². The predicted molar refractivity (Wildman–Crippen MR) is 73.6 cm³/mol. The van der Waals surface area contributed by atoms with Crippen LogP contribution in [0.5, 0.6) is 5.75 Å². The van der Waals surface area contributed by atoms with Gasteiger partial charge in [-0.3, -0.25) is 4.79 Å². The van der Waals surface area contributed by atoms with Crippen LogP contribution in [0.4, 0.5) is 0 Å². The molecule has 2 rings (SSSR count). The third-order valence-electron chi connectivity index (χ3n) is 3.30. The van der Waals surface area contributed by atoms with Crippen molar-refractivity contribution in [2.75, 3.05) is 14.2 Å². The number of nitrogens with zero attached hydrogens (tertiary/aromatic N) is 1. The third-order valence-corrected chi connectivity index (χ3v) is 3.30. The summed E-state index contributed by atoms with van der Waals surface area (Å²) in [6, 6.07) is 6.61. The van der Waals surface area contributed by atoms with Crippen molar-refractivity contribution in [3.8, 4) is 5.75 Å². The van der Waals surface area contributed by atoms with E-state index in [0.717, 1.165) is 0 Å². The number of para-hydroxylation sites is 1. The predicted octanol–water partition coefficient (Wildman–Crippen LogP) is 1.69. The molecule has 20 heavy (non-hydrogen) atoms. The zero-order valence-electron chi connectivity index (χ0n) is 11.5. The fraction of sp³-hybridized carbons (Fsp3) is 0.200. The topological polar surface area (TPSA) is 66.8 Å². The van der Waals surface area contributed by atoms with Gasteiger partial charge in [-0.1, -0.05) is 18.2 Å². The van der Waals surface area contributed by atoms with Crippen LogP contribution in [0.25, 0.3) is 6.08 Å². The summed E-state index contributed by atoms with van der Waals surface area (Å²) in [4.78, 5) is 25.4. The van der Waals surface area contributed by atoms with Gasteiger partial charge in [0.2, 0.25) is 0 Å². The minimum Gasteiger partial charge on any atom is -0.507 e. The molecule has 0 bridgehead atoms. The van der Waals surface area contributed by atoms with Gasteiger partial charge in [0, 0.05) is 18.3 Å². The molecule has 1 amide bonds. The highest BCUT2D eigenvalue weighted by Gasteiger charge is 2.34. The van der Waals surface area contributed by atoms with Crippen molar-refractivity contribution in [1.82, 2.24) is 4.90 Å². The molecular weight excluding hydrogens is 258 g/mol. The lowest BCUT2D eigenvalue weighted by Gasteiger charge is -2.08. The van der Waals surface area contributed by atoms with Gasteiger partial charge in [0.05, 0.1) is 18.3 Å². The van der Waals surface area contributed by atoms with E-state index in [0.29, 0.717) is 11.3 Å². The van der Waals surface area contributed by atoms with Crippen molar-refractivity contribution < 1.29 is 19.4 Å². The Labute approximate surface area is 116 Å². The molecule has 1 aliphatic heterocycles. The summed E-state index contributed by atoms with van der Waals surface area (Å²) in [5.41, 5.74) is 1.45. The number of hydrogen-bond donors (Lipinski definition) is 1. The first-order valence-corrected chi connectivity index (χ1v) is 6.04. The Bertz CT molecular complexity index is 643. The van der Waals surface area contributed by atoms with E-state index in [9.17, 15) is 14.7 Å². The van der Waals surface area contributed by atoms with E-state index in [1.165, 1.54) is 24.2 Å². The van der Waals surface area contributed by atoms with E-state index in [2.05, 4.69) is 0 Å². The molecular formula is C15H15NO4. The molecule has 0 saturated heterocycles. The van der Waals surface area contributed by atoms with Gasteiger partial charge in [0.25, 0.3) is 5.91 Å². The van der Waals surface area contributed by atoms with E-state index in [1.54, 1.807) is 32.2 Å². The lowest BCUT2D eigenvalue weighted by molar-refractivity contribution is -0.136. The molecule has 1 aliphatic rings. The number of phenols is 1. The number of benzene rings is 1. The normalized spacial score (nSPS) is 17.1. The smallest absolute Gasteiger partial charge is 0.340 e. The number of likely N-dealkylation sites (N-methyl/N-ethyl adjacent to an activating group) is 1. The standard InChI is InChI=1S/C15H15NO4/c1-9-13(15(19)20-3)11(14(18)16(9)2)8-10-6-4-5-7-12(10)17/h4-8,17H,1-3H3/b11-8-. The molecule has 0 fully saturated rings. The second kappa shape index (κ2) is 5.21. The summed E-state index contributed by atoms with van der Waals surface area (Å²) in [7, 11) is 2.86. The van der Waals surface area contributed by atoms with Gasteiger partial charge in [-0.25, -0.2) is 4.79 Å². The minimum absolute atomic E-state index is 0.0456. The first-order valence-electron chi connectivity index (χ1n) is 6.04. The van der Waals surface area contributed by atoms with Gasteiger partial charge in [-0.15, -0.1) is 0 Å². The highest BCUT2D eigenvalue weighted by Crippen LogP contribution is 2.31. The van der Waals surface area contributed by atoms with Crippen LogP contribution in [0.2, 0.25) is 0 Å². The number of aromatic hydroxyl groups is 1. The fourth-order valence-electron chi connectivity index (χ4n) is 2.06. The molecule has 0 atom stereocenters. The first-order chi connectivity index (χ1) is 9.47. The van der Waals surface area contributed by atoms with Crippen LogP contribution in [-0.2, 0) is 14.3 Å². The fourth-order valence-corrected chi connectivity index (χ4v) is 2.06. The number of carbonyl (C=O) groups is 2. The number of esters is 1. The van der Waals surface area contributed by atoms with Crippen LogP contribution >= 0.6 is 0 Å². The number of hydrogen-bond acceptors (Lipinski definition) is 4. The molecule has 0 aliphatic carbocycles. The number of ether oxygens (including phenoxy) is 1. The highest BCUT2D eigenvalue weighted by atomic mass is 16.5. The van der Waals surface area contributed by atoms with Crippen molar-refractivity contribution in [2.45, 2.75) is 6.92 Å². The van der Waals surface area contributed by atoms with Crippen LogP contribution in [0, 0.1) is 0 Å². The van der Waals surface area contributed by atoms with Crippen LogP contribution < -0.4 is 0 Å². The number of methoxy groups -OCH3 is 1. The van der Waals surface area contributed by atoms with Gasteiger partial charge in [0.15, 0.2) is 0 Å². The summed E-state index contributed by atoms with van der Waals surface area (Å²) >= 11 is 0. The molecule has 0 saturated carbocycles. The summed E-state index contributed by atoms with van der Waals surface area (Å²) in [6.45, 7) is 1.68.